The molecule has 0 radical (unpaired) electrons. The first-order chi connectivity index (χ1) is 16.5. The van der Waals surface area contributed by atoms with Crippen LogP contribution in [-0.4, -0.2) is 35.7 Å². The van der Waals surface area contributed by atoms with Crippen LogP contribution < -0.4 is 10.6 Å². The van der Waals surface area contributed by atoms with Gasteiger partial charge in [-0.15, -0.1) is 0 Å². The van der Waals surface area contributed by atoms with Crippen LogP contribution in [0.1, 0.15) is 29.0 Å². The lowest BCUT2D eigenvalue weighted by Crippen LogP contribution is -2.45. The Morgan fingerprint density at radius 1 is 0.941 bits per heavy atom. The first-order valence-electron chi connectivity index (χ1n) is 10.6. The smallest absolute Gasteiger partial charge is 0.407 e. The summed E-state index contributed by atoms with van der Waals surface area (Å²) in [4.78, 5) is 36.4. The molecule has 0 aromatic heterocycles. The van der Waals surface area contributed by atoms with Gasteiger partial charge in [-0.2, -0.15) is 5.26 Å². The van der Waals surface area contributed by atoms with Crippen LogP contribution in [-0.2, 0) is 14.3 Å². The Balaban J connectivity index is 1.42. The third kappa shape index (κ3) is 4.89. The van der Waals surface area contributed by atoms with Crippen LogP contribution in [0.5, 0.6) is 0 Å². The Morgan fingerprint density at radius 2 is 1.53 bits per heavy atom. The lowest BCUT2D eigenvalue weighted by molar-refractivity contribution is -0.139. The van der Waals surface area contributed by atoms with E-state index in [2.05, 4.69) is 10.6 Å². The molecule has 1 aliphatic rings. The van der Waals surface area contributed by atoms with Crippen LogP contribution in [0.3, 0.4) is 0 Å². The summed E-state index contributed by atoms with van der Waals surface area (Å²) in [6.07, 6.45) is -1.50. The fourth-order valence-electron chi connectivity index (χ4n) is 4.02. The highest BCUT2D eigenvalue weighted by Gasteiger charge is 2.30. The van der Waals surface area contributed by atoms with Gasteiger partial charge in [0.2, 0.25) is 5.91 Å². The summed E-state index contributed by atoms with van der Waals surface area (Å²) >= 11 is 0. The highest BCUT2D eigenvalue weighted by atomic mass is 16.5. The summed E-state index contributed by atoms with van der Waals surface area (Å²) in [6, 6.07) is 22.4. The number of fused-ring (bicyclic) bond motifs is 3. The number of amides is 2. The third-order valence-corrected chi connectivity index (χ3v) is 5.61. The number of nitrogens with zero attached hydrogens (tertiary/aromatic N) is 1. The Labute approximate surface area is 195 Å². The predicted molar refractivity (Wildman–Crippen MR) is 124 cm³/mol. The molecular formula is C26H21N3O5. The molecule has 3 aromatic rings. The van der Waals surface area contributed by atoms with Crippen molar-refractivity contribution in [2.75, 3.05) is 11.9 Å². The standard InChI is InChI=1S/C26H21N3O5/c27-14-16-9-11-17(12-10-16)28-25(32)23(13-24(30)31)29-26(33)34-15-22-20-7-3-1-5-18(20)19-6-2-4-8-21(19)22/h1-12,22-23H,13,15H2,(H,28,32)(H,29,33)(H,30,31). The van der Waals surface area contributed by atoms with Gasteiger partial charge in [-0.05, 0) is 46.5 Å². The van der Waals surface area contributed by atoms with E-state index in [0.29, 0.717) is 11.3 Å². The highest BCUT2D eigenvalue weighted by molar-refractivity contribution is 5.98. The first kappa shape index (κ1) is 22.6. The molecule has 0 saturated carbocycles. The van der Waals surface area contributed by atoms with Crippen LogP contribution in [0.2, 0.25) is 0 Å². The minimum Gasteiger partial charge on any atom is -0.481 e. The number of carboxylic acids is 1. The largest absolute Gasteiger partial charge is 0.481 e. The number of hydrogen-bond donors (Lipinski definition) is 3. The Morgan fingerprint density at radius 3 is 2.09 bits per heavy atom. The van der Waals surface area contributed by atoms with E-state index in [0.717, 1.165) is 22.3 Å². The number of benzene rings is 3. The fraction of sp³-hybridized carbons (Fsp3) is 0.154. The second-order valence-corrected chi connectivity index (χ2v) is 7.80. The maximum atomic E-state index is 12.6. The van der Waals surface area contributed by atoms with Gasteiger partial charge in [-0.1, -0.05) is 48.5 Å². The number of nitrogens with one attached hydrogen (secondary N) is 2. The van der Waals surface area contributed by atoms with E-state index in [9.17, 15) is 19.5 Å². The van der Waals surface area contributed by atoms with E-state index in [1.54, 1.807) is 0 Å². The van der Waals surface area contributed by atoms with Gasteiger partial charge in [0.1, 0.15) is 12.6 Å². The van der Waals surface area contributed by atoms with Crippen molar-refractivity contribution in [3.8, 4) is 17.2 Å². The predicted octanol–water partition coefficient (Wildman–Crippen LogP) is 3.88. The number of nitriles is 1. The summed E-state index contributed by atoms with van der Waals surface area (Å²) in [6.45, 7) is 0.0386. The lowest BCUT2D eigenvalue weighted by atomic mass is 9.98. The molecule has 8 heteroatoms. The van der Waals surface area contributed by atoms with Gasteiger partial charge >= 0.3 is 12.1 Å². The second-order valence-electron chi connectivity index (χ2n) is 7.80. The molecule has 0 heterocycles. The molecule has 4 rings (SSSR count). The molecule has 8 nitrogen and oxygen atoms in total. The molecule has 2 amide bonds. The Kier molecular flexibility index (Phi) is 6.55. The normalized spacial score (nSPS) is 12.6. The molecule has 0 fully saturated rings. The van der Waals surface area contributed by atoms with Crippen molar-refractivity contribution in [2.24, 2.45) is 0 Å². The van der Waals surface area contributed by atoms with Crippen LogP contribution in [0.25, 0.3) is 11.1 Å². The zero-order chi connectivity index (χ0) is 24.1. The van der Waals surface area contributed by atoms with Gasteiger partial charge in [0.15, 0.2) is 0 Å². The number of alkyl carbamates (subject to hydrolysis) is 1. The summed E-state index contributed by atoms with van der Waals surface area (Å²) in [5, 5.41) is 23.0. The minimum atomic E-state index is -1.34. The van der Waals surface area contributed by atoms with Gasteiger partial charge in [0, 0.05) is 11.6 Å². The number of carbonyl (C=O) groups excluding carboxylic acids is 2. The monoisotopic (exact) mass is 455 g/mol. The minimum absolute atomic E-state index is 0.0386. The molecule has 0 spiro atoms. The van der Waals surface area contributed by atoms with Crippen molar-refractivity contribution < 1.29 is 24.2 Å². The highest BCUT2D eigenvalue weighted by Crippen LogP contribution is 2.44. The zero-order valence-corrected chi connectivity index (χ0v) is 18.0. The van der Waals surface area contributed by atoms with Crippen LogP contribution in [0, 0.1) is 11.3 Å². The first-order valence-corrected chi connectivity index (χ1v) is 10.6. The van der Waals surface area contributed by atoms with Crippen LogP contribution in [0.4, 0.5) is 10.5 Å². The van der Waals surface area contributed by atoms with Crippen molar-refractivity contribution in [1.29, 1.82) is 5.26 Å². The molecule has 0 bridgehead atoms. The lowest BCUT2D eigenvalue weighted by Gasteiger charge is -2.18. The molecule has 34 heavy (non-hydrogen) atoms. The summed E-state index contributed by atoms with van der Waals surface area (Å²) in [7, 11) is 0. The number of ether oxygens (including phenoxy) is 1. The van der Waals surface area contributed by atoms with Crippen molar-refractivity contribution in [2.45, 2.75) is 18.4 Å². The third-order valence-electron chi connectivity index (χ3n) is 5.61. The molecule has 0 saturated heterocycles. The molecule has 1 unspecified atom stereocenters. The number of carbonyl (C=O) groups is 3. The number of hydrogen-bond acceptors (Lipinski definition) is 5. The van der Waals surface area contributed by atoms with E-state index in [-0.39, 0.29) is 12.5 Å². The van der Waals surface area contributed by atoms with Crippen LogP contribution >= 0.6 is 0 Å². The average molecular weight is 455 g/mol. The van der Waals surface area contributed by atoms with Gasteiger partial charge in [0.25, 0.3) is 0 Å². The maximum Gasteiger partial charge on any atom is 0.407 e. The fourth-order valence-corrected chi connectivity index (χ4v) is 4.02. The topological polar surface area (TPSA) is 129 Å². The van der Waals surface area contributed by atoms with Crippen molar-refractivity contribution in [1.82, 2.24) is 5.32 Å². The van der Waals surface area contributed by atoms with E-state index >= 15 is 0 Å². The van der Waals surface area contributed by atoms with Crippen molar-refractivity contribution >= 4 is 23.7 Å². The van der Waals surface area contributed by atoms with E-state index in [1.165, 1.54) is 24.3 Å². The molecule has 1 atom stereocenters. The number of rotatable bonds is 7. The molecular weight excluding hydrogens is 434 g/mol. The van der Waals surface area contributed by atoms with Gasteiger partial charge in [0.05, 0.1) is 18.1 Å². The summed E-state index contributed by atoms with van der Waals surface area (Å²) in [5.74, 6) is -2.12. The Hall–Kier alpha value is -4.64. The zero-order valence-electron chi connectivity index (χ0n) is 18.0. The van der Waals surface area contributed by atoms with E-state index in [4.69, 9.17) is 10.00 Å². The molecule has 3 aromatic carbocycles. The van der Waals surface area contributed by atoms with Crippen molar-refractivity contribution in [3.05, 3.63) is 89.5 Å². The molecule has 170 valence electrons. The second kappa shape index (κ2) is 9.88. The quantitative estimate of drug-likeness (QED) is 0.496. The van der Waals surface area contributed by atoms with Crippen molar-refractivity contribution in [3.63, 3.8) is 0 Å². The average Bonchev–Trinajstić information content (AvgIpc) is 3.16. The van der Waals surface area contributed by atoms with Crippen LogP contribution in [0.15, 0.2) is 72.8 Å². The Bertz CT molecular complexity index is 1230. The van der Waals surface area contributed by atoms with E-state index < -0.39 is 30.4 Å². The molecule has 1 aliphatic carbocycles. The molecule has 3 N–H and O–H groups in total. The SMILES string of the molecule is N#Cc1ccc(NC(=O)C(CC(=O)O)NC(=O)OCC2c3ccccc3-c3ccccc32)cc1. The van der Waals surface area contributed by atoms with Gasteiger partial charge < -0.3 is 20.5 Å². The maximum absolute atomic E-state index is 12.6. The summed E-state index contributed by atoms with van der Waals surface area (Å²) < 4.78 is 5.42. The summed E-state index contributed by atoms with van der Waals surface area (Å²) in [5.41, 5.74) is 5.02. The number of carboxylic acid groups (broad SMARTS) is 1. The van der Waals surface area contributed by atoms with Gasteiger partial charge in [-0.3, -0.25) is 9.59 Å². The van der Waals surface area contributed by atoms with E-state index in [1.807, 2.05) is 54.6 Å². The van der Waals surface area contributed by atoms with Gasteiger partial charge in [-0.25, -0.2) is 4.79 Å². The number of aliphatic carboxylic acids is 1. The number of anilines is 1. The molecule has 0 aliphatic heterocycles.